The topological polar surface area (TPSA) is 80.7 Å². The summed E-state index contributed by atoms with van der Waals surface area (Å²) in [5.74, 6) is -0.621. The predicted octanol–water partition coefficient (Wildman–Crippen LogP) is 3.32. The molecule has 6 atom stereocenters. The lowest BCUT2D eigenvalue weighted by molar-refractivity contribution is -0.167. The SMILES string of the molecule is CC(=O)OCC(=O)[C@@]1(O)[C@H](C)CC2[C@@H]3CCC4=CC(=O)C=C[C@]4(C)C3=CC[C@@]21C. The van der Waals surface area contributed by atoms with Gasteiger partial charge in [-0.3, -0.25) is 14.4 Å². The smallest absolute Gasteiger partial charge is 0.303 e. The summed E-state index contributed by atoms with van der Waals surface area (Å²) in [6.07, 6.45) is 10.8. The second-order valence-electron chi connectivity index (χ2n) is 9.75. The van der Waals surface area contributed by atoms with Crippen molar-refractivity contribution in [2.75, 3.05) is 6.61 Å². The van der Waals surface area contributed by atoms with Gasteiger partial charge in [0.05, 0.1) is 0 Å². The zero-order valence-corrected chi connectivity index (χ0v) is 17.7. The van der Waals surface area contributed by atoms with Crippen LogP contribution in [0.1, 0.15) is 53.4 Å². The molecule has 0 saturated heterocycles. The van der Waals surface area contributed by atoms with Gasteiger partial charge in [-0.25, -0.2) is 0 Å². The second kappa shape index (κ2) is 6.49. The zero-order valence-electron chi connectivity index (χ0n) is 17.7. The first-order valence-corrected chi connectivity index (χ1v) is 10.6. The molecule has 5 nitrogen and oxygen atoms in total. The van der Waals surface area contributed by atoms with Crippen molar-refractivity contribution in [3.8, 4) is 0 Å². The summed E-state index contributed by atoms with van der Waals surface area (Å²) in [6, 6.07) is 0. The fourth-order valence-corrected chi connectivity index (χ4v) is 6.74. The maximum Gasteiger partial charge on any atom is 0.303 e. The molecule has 5 heteroatoms. The Kier molecular flexibility index (Phi) is 4.54. The fraction of sp³-hybridized carbons (Fsp3) is 0.625. The molecule has 0 aromatic heterocycles. The Balaban J connectivity index is 1.71. The van der Waals surface area contributed by atoms with Crippen LogP contribution in [0.4, 0.5) is 0 Å². The molecule has 0 spiro atoms. The van der Waals surface area contributed by atoms with E-state index in [2.05, 4.69) is 13.0 Å². The zero-order chi connectivity index (χ0) is 21.2. The van der Waals surface area contributed by atoms with E-state index in [0.29, 0.717) is 6.42 Å². The van der Waals surface area contributed by atoms with Crippen LogP contribution < -0.4 is 0 Å². The molecule has 0 aromatic carbocycles. The van der Waals surface area contributed by atoms with E-state index in [0.717, 1.165) is 19.3 Å². The summed E-state index contributed by atoms with van der Waals surface area (Å²) in [4.78, 5) is 36.1. The highest BCUT2D eigenvalue weighted by molar-refractivity contribution is 6.01. The number of hydrogen-bond acceptors (Lipinski definition) is 5. The van der Waals surface area contributed by atoms with Gasteiger partial charge in [-0.05, 0) is 62.5 Å². The van der Waals surface area contributed by atoms with Gasteiger partial charge in [0.1, 0.15) is 5.60 Å². The van der Waals surface area contributed by atoms with Crippen LogP contribution in [0.2, 0.25) is 0 Å². The summed E-state index contributed by atoms with van der Waals surface area (Å²) in [7, 11) is 0. The van der Waals surface area contributed by atoms with Crippen LogP contribution in [0, 0.1) is 28.6 Å². The predicted molar refractivity (Wildman–Crippen MR) is 108 cm³/mol. The number of Topliss-reactive ketones (excluding diaryl/α,β-unsaturated/α-hetero) is 1. The first-order chi connectivity index (χ1) is 13.5. The van der Waals surface area contributed by atoms with Crippen molar-refractivity contribution >= 4 is 17.5 Å². The molecule has 2 fully saturated rings. The summed E-state index contributed by atoms with van der Waals surface area (Å²) >= 11 is 0. The quantitative estimate of drug-likeness (QED) is 0.583. The van der Waals surface area contributed by atoms with Crippen LogP contribution in [0.15, 0.2) is 35.5 Å². The number of allylic oxidation sites excluding steroid dienone is 6. The summed E-state index contributed by atoms with van der Waals surface area (Å²) in [6.45, 7) is 7.03. The largest absolute Gasteiger partial charge is 0.458 e. The van der Waals surface area contributed by atoms with Crippen molar-refractivity contribution < 1.29 is 24.2 Å². The van der Waals surface area contributed by atoms with Crippen LogP contribution in [-0.2, 0) is 19.1 Å². The lowest BCUT2D eigenvalue weighted by Crippen LogP contribution is -2.57. The van der Waals surface area contributed by atoms with Gasteiger partial charge < -0.3 is 9.84 Å². The fourth-order valence-electron chi connectivity index (χ4n) is 6.74. The van der Waals surface area contributed by atoms with Crippen molar-refractivity contribution in [2.45, 2.75) is 59.0 Å². The van der Waals surface area contributed by atoms with Gasteiger partial charge in [-0.2, -0.15) is 0 Å². The van der Waals surface area contributed by atoms with Gasteiger partial charge in [-0.15, -0.1) is 0 Å². The molecule has 4 aliphatic rings. The van der Waals surface area contributed by atoms with E-state index in [1.54, 1.807) is 12.2 Å². The van der Waals surface area contributed by atoms with Gasteiger partial charge in [0, 0.05) is 17.8 Å². The number of aliphatic hydroxyl groups is 1. The molecule has 1 N–H and O–H groups in total. The first-order valence-electron chi connectivity index (χ1n) is 10.6. The lowest BCUT2D eigenvalue weighted by Gasteiger charge is -2.53. The van der Waals surface area contributed by atoms with Gasteiger partial charge in [0.15, 0.2) is 12.4 Å². The Morgan fingerprint density at radius 1 is 1.31 bits per heavy atom. The number of fused-ring (bicyclic) bond motifs is 5. The Labute approximate surface area is 171 Å². The van der Waals surface area contributed by atoms with E-state index in [9.17, 15) is 19.5 Å². The van der Waals surface area contributed by atoms with Gasteiger partial charge in [0.25, 0.3) is 0 Å². The molecule has 0 amide bonds. The van der Waals surface area contributed by atoms with Crippen LogP contribution >= 0.6 is 0 Å². The third-order valence-corrected chi connectivity index (χ3v) is 8.36. The van der Waals surface area contributed by atoms with Crippen LogP contribution in [0.5, 0.6) is 0 Å². The molecule has 156 valence electrons. The van der Waals surface area contributed by atoms with E-state index in [-0.39, 0.29) is 35.6 Å². The standard InChI is InChI=1S/C24H30O5/c1-14-11-20-18-6-5-16-12-17(26)7-9-22(16,3)19(18)8-10-23(20,4)24(14,28)21(27)13-29-15(2)25/h7-9,12,14,18,20,28H,5-6,10-11,13H2,1-4H3/t14-,18-,20?,22+,23+,24+/m1/s1. The molecular formula is C24H30O5. The minimum atomic E-state index is -1.51. The van der Waals surface area contributed by atoms with Gasteiger partial charge in [0.2, 0.25) is 5.78 Å². The average molecular weight is 398 g/mol. The average Bonchev–Trinajstić information content (AvgIpc) is 2.88. The lowest BCUT2D eigenvalue weighted by atomic mass is 9.51. The Morgan fingerprint density at radius 3 is 2.72 bits per heavy atom. The number of carbonyl (C=O) groups is 3. The summed E-state index contributed by atoms with van der Waals surface area (Å²) in [5, 5.41) is 11.7. The molecule has 0 aromatic rings. The maximum atomic E-state index is 13.0. The minimum absolute atomic E-state index is 0.0529. The molecule has 0 radical (unpaired) electrons. The third kappa shape index (κ3) is 2.66. The molecule has 2 saturated carbocycles. The van der Waals surface area contributed by atoms with Crippen molar-refractivity contribution in [3.63, 3.8) is 0 Å². The monoisotopic (exact) mass is 398 g/mol. The van der Waals surface area contributed by atoms with Crippen LogP contribution in [0.3, 0.4) is 0 Å². The Hall–Kier alpha value is -2.01. The number of rotatable bonds is 3. The van der Waals surface area contributed by atoms with Crippen molar-refractivity contribution in [1.82, 2.24) is 0 Å². The summed E-state index contributed by atoms with van der Waals surface area (Å²) < 4.78 is 4.95. The Bertz CT molecular complexity index is 880. The number of carbonyl (C=O) groups excluding carboxylic acids is 3. The van der Waals surface area contributed by atoms with Crippen molar-refractivity contribution in [3.05, 3.63) is 35.5 Å². The highest BCUT2D eigenvalue weighted by Gasteiger charge is 2.67. The maximum absolute atomic E-state index is 13.0. The van der Waals surface area contributed by atoms with Crippen LogP contribution in [-0.4, -0.2) is 34.9 Å². The van der Waals surface area contributed by atoms with Crippen molar-refractivity contribution in [1.29, 1.82) is 0 Å². The van der Waals surface area contributed by atoms with E-state index in [4.69, 9.17) is 4.74 Å². The van der Waals surface area contributed by atoms with E-state index in [1.165, 1.54) is 18.1 Å². The Morgan fingerprint density at radius 2 is 2.03 bits per heavy atom. The third-order valence-electron chi connectivity index (χ3n) is 8.36. The van der Waals surface area contributed by atoms with Crippen LogP contribution in [0.25, 0.3) is 0 Å². The van der Waals surface area contributed by atoms with E-state index >= 15 is 0 Å². The molecule has 29 heavy (non-hydrogen) atoms. The summed E-state index contributed by atoms with van der Waals surface area (Å²) in [5.41, 5.74) is 0.145. The number of hydrogen-bond donors (Lipinski definition) is 1. The second-order valence-corrected chi connectivity index (χ2v) is 9.75. The van der Waals surface area contributed by atoms with E-state index in [1.807, 2.05) is 19.9 Å². The number of esters is 1. The highest BCUT2D eigenvalue weighted by Crippen LogP contribution is 2.66. The molecule has 0 heterocycles. The molecule has 4 aliphatic carbocycles. The number of ketones is 2. The molecule has 0 bridgehead atoms. The number of ether oxygens (including phenoxy) is 1. The highest BCUT2D eigenvalue weighted by atomic mass is 16.5. The van der Waals surface area contributed by atoms with Gasteiger partial charge >= 0.3 is 5.97 Å². The van der Waals surface area contributed by atoms with E-state index < -0.39 is 22.8 Å². The molecule has 0 aliphatic heterocycles. The molecule has 4 rings (SSSR count). The minimum Gasteiger partial charge on any atom is -0.458 e. The first kappa shape index (κ1) is 20.3. The molecule has 1 unspecified atom stereocenters. The van der Waals surface area contributed by atoms with Crippen molar-refractivity contribution in [2.24, 2.45) is 28.6 Å². The molecular weight excluding hydrogens is 368 g/mol. The van der Waals surface area contributed by atoms with Gasteiger partial charge in [-0.1, -0.05) is 37.1 Å². The normalized spacial score (nSPS) is 42.9.